The van der Waals surface area contributed by atoms with Gasteiger partial charge in [0.15, 0.2) is 11.6 Å². The Hall–Kier alpha value is -2.92. The van der Waals surface area contributed by atoms with E-state index in [1.807, 2.05) is 0 Å². The maximum Gasteiger partial charge on any atom is 0.329 e. The third kappa shape index (κ3) is 5.46. The van der Waals surface area contributed by atoms with E-state index < -0.39 is 27.9 Å². The number of aromatic nitrogens is 1. The number of sulfonamides is 1. The third-order valence-electron chi connectivity index (χ3n) is 5.46. The number of imide groups is 1. The number of benzene rings is 1. The maximum atomic E-state index is 14.0. The first-order valence-corrected chi connectivity index (χ1v) is 12.1. The lowest BCUT2D eigenvalue weighted by atomic mass is 10.1. The second kappa shape index (κ2) is 8.91. The molecule has 2 aliphatic rings. The SMILES string of the molecule is C[C@@H](NS(=O)(=O)CCc1cc(N2CC(=O)NC2=O)c[nH]1)c1ccc(F)c(OCC2CC2)c1. The van der Waals surface area contributed by atoms with Crippen LogP contribution in [0.25, 0.3) is 0 Å². The number of rotatable bonds is 10. The average Bonchev–Trinajstić information content (AvgIpc) is 3.33. The van der Waals surface area contributed by atoms with E-state index in [0.717, 1.165) is 12.8 Å². The number of amides is 3. The largest absolute Gasteiger partial charge is 0.490 e. The molecule has 1 aromatic heterocycles. The van der Waals surface area contributed by atoms with Crippen molar-refractivity contribution in [3.8, 4) is 5.75 Å². The molecule has 0 radical (unpaired) electrons. The predicted molar refractivity (Wildman–Crippen MR) is 115 cm³/mol. The lowest BCUT2D eigenvalue weighted by Gasteiger charge is -2.16. The Morgan fingerprint density at radius 3 is 2.75 bits per heavy atom. The molecule has 1 aromatic carbocycles. The average molecular weight is 465 g/mol. The van der Waals surface area contributed by atoms with Crippen LogP contribution in [0.1, 0.15) is 37.1 Å². The summed E-state index contributed by atoms with van der Waals surface area (Å²) in [4.78, 5) is 27.3. The fourth-order valence-electron chi connectivity index (χ4n) is 3.41. The number of carbonyl (C=O) groups is 2. The van der Waals surface area contributed by atoms with Gasteiger partial charge >= 0.3 is 6.03 Å². The number of hydrogen-bond donors (Lipinski definition) is 3. The molecule has 0 bridgehead atoms. The smallest absolute Gasteiger partial charge is 0.329 e. The van der Waals surface area contributed by atoms with E-state index in [2.05, 4.69) is 15.0 Å². The summed E-state index contributed by atoms with van der Waals surface area (Å²) in [6.07, 6.45) is 3.91. The van der Waals surface area contributed by atoms with Crippen molar-refractivity contribution in [2.75, 3.05) is 23.8 Å². The molecule has 1 aliphatic carbocycles. The molecule has 3 amide bonds. The molecule has 32 heavy (non-hydrogen) atoms. The third-order valence-corrected chi connectivity index (χ3v) is 6.91. The maximum absolute atomic E-state index is 14.0. The molecule has 2 aromatic rings. The Morgan fingerprint density at radius 1 is 1.28 bits per heavy atom. The standard InChI is InChI=1S/C21H25FN4O5S/c1-13(15-4-5-18(22)19(8-15)31-12-14-2-3-14)25-32(29,30)7-6-16-9-17(10-23-16)26-11-20(27)24-21(26)28/h4-5,8-10,13-14,23,25H,2-3,6-7,11-12H2,1H3,(H,24,27,28)/t13-/m1/s1. The van der Waals surface area contributed by atoms with E-state index in [0.29, 0.717) is 29.5 Å². The van der Waals surface area contributed by atoms with Gasteiger partial charge in [0.1, 0.15) is 6.54 Å². The summed E-state index contributed by atoms with van der Waals surface area (Å²) in [6.45, 7) is 2.08. The van der Waals surface area contributed by atoms with Crippen molar-refractivity contribution in [2.24, 2.45) is 5.92 Å². The van der Waals surface area contributed by atoms with Crippen molar-refractivity contribution in [3.05, 3.63) is 47.5 Å². The Morgan fingerprint density at radius 2 is 2.06 bits per heavy atom. The molecule has 0 spiro atoms. The van der Waals surface area contributed by atoms with Crippen molar-refractivity contribution in [1.82, 2.24) is 15.0 Å². The van der Waals surface area contributed by atoms with Crippen molar-refractivity contribution in [2.45, 2.75) is 32.2 Å². The van der Waals surface area contributed by atoms with Gasteiger partial charge in [-0.1, -0.05) is 6.07 Å². The molecule has 2 fully saturated rings. The van der Waals surface area contributed by atoms with E-state index >= 15 is 0 Å². The molecule has 3 N–H and O–H groups in total. The highest BCUT2D eigenvalue weighted by atomic mass is 32.2. The summed E-state index contributed by atoms with van der Waals surface area (Å²) in [5.41, 5.74) is 1.71. The number of ether oxygens (including phenoxy) is 1. The highest BCUT2D eigenvalue weighted by molar-refractivity contribution is 7.89. The van der Waals surface area contributed by atoms with Crippen LogP contribution in [0.3, 0.4) is 0 Å². The molecular formula is C21H25FN4O5S. The first-order chi connectivity index (χ1) is 15.2. The summed E-state index contributed by atoms with van der Waals surface area (Å²) < 4.78 is 47.3. The summed E-state index contributed by atoms with van der Waals surface area (Å²) >= 11 is 0. The van der Waals surface area contributed by atoms with Crippen molar-refractivity contribution < 1.29 is 27.1 Å². The Balaban J connectivity index is 1.33. The highest BCUT2D eigenvalue weighted by Crippen LogP contribution is 2.31. The van der Waals surface area contributed by atoms with Gasteiger partial charge in [0.05, 0.1) is 18.0 Å². The van der Waals surface area contributed by atoms with E-state index in [9.17, 15) is 22.4 Å². The van der Waals surface area contributed by atoms with Gasteiger partial charge in [0, 0.05) is 24.4 Å². The number of urea groups is 1. The molecule has 1 saturated carbocycles. The Bertz CT molecular complexity index is 1130. The van der Waals surface area contributed by atoms with Crippen LogP contribution in [0.4, 0.5) is 14.9 Å². The Labute approximate surface area is 185 Å². The second-order valence-electron chi connectivity index (χ2n) is 8.18. The number of nitrogens with one attached hydrogen (secondary N) is 3. The van der Waals surface area contributed by atoms with Crippen LogP contribution in [0, 0.1) is 11.7 Å². The number of anilines is 1. The number of H-pyrrole nitrogens is 1. The van der Waals surface area contributed by atoms with Gasteiger partial charge in [0.25, 0.3) is 0 Å². The molecule has 4 rings (SSSR count). The number of carbonyl (C=O) groups excluding carboxylic acids is 2. The number of halogens is 1. The zero-order valence-corrected chi connectivity index (χ0v) is 18.4. The van der Waals surface area contributed by atoms with Crippen LogP contribution in [0.2, 0.25) is 0 Å². The highest BCUT2D eigenvalue weighted by Gasteiger charge is 2.28. The van der Waals surface area contributed by atoms with Gasteiger partial charge in [-0.3, -0.25) is 15.0 Å². The topological polar surface area (TPSA) is 121 Å². The molecule has 0 unspecified atom stereocenters. The first kappa shape index (κ1) is 22.3. The van der Waals surface area contributed by atoms with Gasteiger partial charge in [-0.05, 0) is 49.4 Å². The molecule has 172 valence electrons. The van der Waals surface area contributed by atoms with Gasteiger partial charge in [-0.2, -0.15) is 0 Å². The normalized spacial score (nSPS) is 17.5. The lowest BCUT2D eigenvalue weighted by Crippen LogP contribution is -2.30. The summed E-state index contributed by atoms with van der Waals surface area (Å²) in [5, 5.41) is 2.19. The summed E-state index contributed by atoms with van der Waals surface area (Å²) in [6, 6.07) is 4.91. The molecule has 11 heteroatoms. The van der Waals surface area contributed by atoms with Crippen LogP contribution in [0.5, 0.6) is 5.75 Å². The van der Waals surface area contributed by atoms with Crippen molar-refractivity contribution in [3.63, 3.8) is 0 Å². The first-order valence-electron chi connectivity index (χ1n) is 10.4. The van der Waals surface area contributed by atoms with Crippen LogP contribution in [-0.2, 0) is 21.2 Å². The molecule has 2 heterocycles. The molecular weight excluding hydrogens is 439 g/mol. The van der Waals surface area contributed by atoms with Crippen molar-refractivity contribution >= 4 is 27.6 Å². The lowest BCUT2D eigenvalue weighted by molar-refractivity contribution is -0.117. The molecule has 9 nitrogen and oxygen atoms in total. The zero-order chi connectivity index (χ0) is 22.9. The minimum Gasteiger partial charge on any atom is -0.490 e. The minimum absolute atomic E-state index is 0.0719. The van der Waals surface area contributed by atoms with Gasteiger partial charge in [-0.15, -0.1) is 0 Å². The number of hydrogen-bond acceptors (Lipinski definition) is 5. The predicted octanol–water partition coefficient (Wildman–Crippen LogP) is 2.22. The Kier molecular flexibility index (Phi) is 6.20. The molecule has 1 atom stereocenters. The van der Waals surface area contributed by atoms with Gasteiger partial charge < -0.3 is 9.72 Å². The van der Waals surface area contributed by atoms with E-state index in [-0.39, 0.29) is 30.4 Å². The van der Waals surface area contributed by atoms with E-state index in [1.165, 1.54) is 23.1 Å². The number of nitrogens with zero attached hydrogens (tertiary/aromatic N) is 1. The van der Waals surface area contributed by atoms with Crippen LogP contribution in [-0.4, -0.2) is 44.2 Å². The minimum atomic E-state index is -3.65. The summed E-state index contributed by atoms with van der Waals surface area (Å²) in [7, 11) is -3.65. The van der Waals surface area contributed by atoms with E-state index in [1.54, 1.807) is 19.2 Å². The molecule has 1 saturated heterocycles. The van der Waals surface area contributed by atoms with Gasteiger partial charge in [0.2, 0.25) is 15.9 Å². The fraction of sp³-hybridized carbons (Fsp3) is 0.429. The fourth-order valence-corrected chi connectivity index (χ4v) is 4.69. The molecule has 1 aliphatic heterocycles. The zero-order valence-electron chi connectivity index (χ0n) is 17.6. The summed E-state index contributed by atoms with van der Waals surface area (Å²) in [5.74, 6) is -0.443. The van der Waals surface area contributed by atoms with Crippen LogP contribution in [0.15, 0.2) is 30.5 Å². The van der Waals surface area contributed by atoms with Crippen LogP contribution < -0.4 is 19.7 Å². The van der Waals surface area contributed by atoms with Gasteiger partial charge in [-0.25, -0.2) is 22.3 Å². The number of aryl methyl sites for hydroxylation is 1. The number of aromatic amines is 1. The quantitative estimate of drug-likeness (QED) is 0.466. The van der Waals surface area contributed by atoms with Crippen LogP contribution >= 0.6 is 0 Å². The van der Waals surface area contributed by atoms with E-state index in [4.69, 9.17) is 4.74 Å². The second-order valence-corrected chi connectivity index (χ2v) is 10.0. The monoisotopic (exact) mass is 464 g/mol. The van der Waals surface area contributed by atoms with Crippen molar-refractivity contribution in [1.29, 1.82) is 0 Å².